The molecular formula is C10H19ClN4O. The van der Waals surface area contributed by atoms with Crippen LogP contribution in [-0.2, 0) is 11.3 Å². The lowest BCUT2D eigenvalue weighted by atomic mass is 10.1. The molecule has 0 spiro atoms. The lowest BCUT2D eigenvalue weighted by Gasteiger charge is -2.17. The molecule has 1 atom stereocenters. The predicted octanol–water partition coefficient (Wildman–Crippen LogP) is 1.49. The van der Waals surface area contributed by atoms with Crippen LogP contribution < -0.4 is 11.3 Å². The lowest BCUT2D eigenvalue weighted by molar-refractivity contribution is 0.181. The molecule has 6 heteroatoms. The van der Waals surface area contributed by atoms with Gasteiger partial charge in [0.05, 0.1) is 36.1 Å². The number of hydrogen-bond donors (Lipinski definition) is 2. The maximum atomic E-state index is 6.11. The highest BCUT2D eigenvalue weighted by Crippen LogP contribution is 2.25. The molecule has 0 aliphatic carbocycles. The van der Waals surface area contributed by atoms with Gasteiger partial charge in [0, 0.05) is 7.11 Å². The fraction of sp³-hybridized carbons (Fsp3) is 0.700. The van der Waals surface area contributed by atoms with E-state index in [2.05, 4.69) is 17.4 Å². The molecule has 1 rings (SSSR count). The van der Waals surface area contributed by atoms with Crippen LogP contribution in [0.15, 0.2) is 6.20 Å². The Bertz CT molecular complexity index is 316. The van der Waals surface area contributed by atoms with Gasteiger partial charge >= 0.3 is 0 Å². The Morgan fingerprint density at radius 3 is 3.00 bits per heavy atom. The first kappa shape index (κ1) is 13.4. The molecule has 92 valence electrons. The summed E-state index contributed by atoms with van der Waals surface area (Å²) in [4.78, 5) is 0. The molecular weight excluding hydrogens is 228 g/mol. The summed E-state index contributed by atoms with van der Waals surface area (Å²) in [7, 11) is 1.66. The summed E-state index contributed by atoms with van der Waals surface area (Å²) >= 11 is 6.11. The van der Waals surface area contributed by atoms with Gasteiger partial charge in [-0.25, -0.2) is 0 Å². The first-order valence-corrected chi connectivity index (χ1v) is 5.78. The van der Waals surface area contributed by atoms with Gasteiger partial charge < -0.3 is 4.74 Å². The van der Waals surface area contributed by atoms with Crippen LogP contribution in [0.4, 0.5) is 0 Å². The fourth-order valence-electron chi connectivity index (χ4n) is 1.66. The quantitative estimate of drug-likeness (QED) is 0.565. The number of hydrogen-bond acceptors (Lipinski definition) is 4. The van der Waals surface area contributed by atoms with Crippen LogP contribution >= 0.6 is 11.6 Å². The molecule has 1 unspecified atom stereocenters. The second kappa shape index (κ2) is 6.85. The van der Waals surface area contributed by atoms with Gasteiger partial charge in [-0.15, -0.1) is 0 Å². The predicted molar refractivity (Wildman–Crippen MR) is 64.1 cm³/mol. The van der Waals surface area contributed by atoms with E-state index in [0.717, 1.165) is 18.5 Å². The normalized spacial score (nSPS) is 13.0. The molecule has 0 bridgehead atoms. The summed E-state index contributed by atoms with van der Waals surface area (Å²) in [5.74, 6) is 5.54. The summed E-state index contributed by atoms with van der Waals surface area (Å²) in [6.45, 7) is 3.39. The third-order valence-electron chi connectivity index (χ3n) is 2.45. The summed E-state index contributed by atoms with van der Waals surface area (Å²) in [5, 5.41) is 4.86. The highest BCUT2D eigenvalue weighted by molar-refractivity contribution is 6.31. The second-order valence-corrected chi connectivity index (χ2v) is 4.01. The molecule has 0 radical (unpaired) electrons. The molecule has 0 aromatic carbocycles. The summed E-state index contributed by atoms with van der Waals surface area (Å²) in [5.41, 5.74) is 3.71. The topological polar surface area (TPSA) is 65.1 Å². The van der Waals surface area contributed by atoms with Crippen LogP contribution in [0.25, 0.3) is 0 Å². The zero-order chi connectivity index (χ0) is 12.0. The van der Waals surface area contributed by atoms with Crippen molar-refractivity contribution in [2.24, 2.45) is 5.84 Å². The van der Waals surface area contributed by atoms with Crippen LogP contribution in [0.2, 0.25) is 5.02 Å². The number of rotatable bonds is 7. The number of halogens is 1. The molecule has 0 saturated carbocycles. The zero-order valence-electron chi connectivity index (χ0n) is 9.74. The van der Waals surface area contributed by atoms with E-state index in [1.807, 2.05) is 4.68 Å². The van der Waals surface area contributed by atoms with Crippen LogP contribution in [0.1, 0.15) is 31.5 Å². The van der Waals surface area contributed by atoms with Gasteiger partial charge in [-0.2, -0.15) is 5.10 Å². The molecule has 0 aliphatic heterocycles. The van der Waals surface area contributed by atoms with Gasteiger partial charge in [-0.1, -0.05) is 24.9 Å². The summed E-state index contributed by atoms with van der Waals surface area (Å²) in [6.07, 6.45) is 3.60. The molecule has 0 aliphatic rings. The van der Waals surface area contributed by atoms with Crippen molar-refractivity contribution in [3.8, 4) is 0 Å². The molecule has 0 fully saturated rings. The van der Waals surface area contributed by atoms with E-state index in [9.17, 15) is 0 Å². The van der Waals surface area contributed by atoms with E-state index in [4.69, 9.17) is 22.2 Å². The van der Waals surface area contributed by atoms with E-state index < -0.39 is 0 Å². The SMILES string of the molecule is CCCC(NN)c1c(Cl)cnn1CCOC. The number of nitrogens with one attached hydrogen (secondary N) is 1. The van der Waals surface area contributed by atoms with Crippen LogP contribution in [0.3, 0.4) is 0 Å². The Balaban J connectivity index is 2.85. The van der Waals surface area contributed by atoms with Crippen LogP contribution in [-0.4, -0.2) is 23.5 Å². The van der Waals surface area contributed by atoms with E-state index >= 15 is 0 Å². The highest BCUT2D eigenvalue weighted by Gasteiger charge is 2.18. The van der Waals surface area contributed by atoms with E-state index in [-0.39, 0.29) is 6.04 Å². The molecule has 0 amide bonds. The van der Waals surface area contributed by atoms with Gasteiger partial charge in [-0.05, 0) is 6.42 Å². The molecule has 1 heterocycles. The molecule has 1 aromatic heterocycles. The molecule has 16 heavy (non-hydrogen) atoms. The Kier molecular flexibility index (Phi) is 5.76. The average Bonchev–Trinajstić information content (AvgIpc) is 2.65. The number of aromatic nitrogens is 2. The minimum absolute atomic E-state index is 0.0388. The van der Waals surface area contributed by atoms with Crippen molar-refractivity contribution < 1.29 is 4.74 Å². The van der Waals surface area contributed by atoms with Crippen molar-refractivity contribution in [3.63, 3.8) is 0 Å². The zero-order valence-corrected chi connectivity index (χ0v) is 10.5. The van der Waals surface area contributed by atoms with E-state index in [0.29, 0.717) is 18.2 Å². The highest BCUT2D eigenvalue weighted by atomic mass is 35.5. The van der Waals surface area contributed by atoms with Gasteiger partial charge in [-0.3, -0.25) is 16.0 Å². The van der Waals surface area contributed by atoms with E-state index in [1.165, 1.54) is 0 Å². The maximum Gasteiger partial charge on any atom is 0.0834 e. The first-order chi connectivity index (χ1) is 7.74. The Morgan fingerprint density at radius 2 is 2.44 bits per heavy atom. The number of nitrogens with zero attached hydrogens (tertiary/aromatic N) is 2. The number of hydrazine groups is 1. The lowest BCUT2D eigenvalue weighted by Crippen LogP contribution is -2.30. The van der Waals surface area contributed by atoms with E-state index in [1.54, 1.807) is 13.3 Å². The standard InChI is InChI=1S/C10H19ClN4O/c1-3-4-9(14-12)10-8(11)7-13-15(10)5-6-16-2/h7,9,14H,3-6,12H2,1-2H3. The molecule has 1 aromatic rings. The van der Waals surface area contributed by atoms with Crippen LogP contribution in [0, 0.1) is 0 Å². The summed E-state index contributed by atoms with van der Waals surface area (Å²) < 4.78 is 6.87. The summed E-state index contributed by atoms with van der Waals surface area (Å²) in [6, 6.07) is 0.0388. The van der Waals surface area contributed by atoms with Gasteiger partial charge in [0.15, 0.2) is 0 Å². The molecule has 3 N–H and O–H groups in total. The molecule has 5 nitrogen and oxygen atoms in total. The fourth-order valence-corrected chi connectivity index (χ4v) is 1.93. The van der Waals surface area contributed by atoms with Crippen molar-refractivity contribution in [2.45, 2.75) is 32.4 Å². The van der Waals surface area contributed by atoms with Gasteiger partial charge in [0.25, 0.3) is 0 Å². The van der Waals surface area contributed by atoms with Crippen molar-refractivity contribution in [2.75, 3.05) is 13.7 Å². The average molecular weight is 247 g/mol. The van der Waals surface area contributed by atoms with Crippen molar-refractivity contribution in [1.29, 1.82) is 0 Å². The molecule has 0 saturated heterocycles. The van der Waals surface area contributed by atoms with Crippen LogP contribution in [0.5, 0.6) is 0 Å². The van der Waals surface area contributed by atoms with Crippen molar-refractivity contribution in [1.82, 2.24) is 15.2 Å². The Labute approximate surface area is 101 Å². The second-order valence-electron chi connectivity index (χ2n) is 3.60. The van der Waals surface area contributed by atoms with Crippen molar-refractivity contribution in [3.05, 3.63) is 16.9 Å². The smallest absolute Gasteiger partial charge is 0.0834 e. The first-order valence-electron chi connectivity index (χ1n) is 5.40. The third-order valence-corrected chi connectivity index (χ3v) is 2.74. The van der Waals surface area contributed by atoms with Crippen molar-refractivity contribution >= 4 is 11.6 Å². The Hall–Kier alpha value is -0.620. The number of methoxy groups -OCH3 is 1. The third kappa shape index (κ3) is 3.18. The minimum atomic E-state index is 0.0388. The monoisotopic (exact) mass is 246 g/mol. The minimum Gasteiger partial charge on any atom is -0.383 e. The number of nitrogens with two attached hydrogens (primary N) is 1. The largest absolute Gasteiger partial charge is 0.383 e. The van der Waals surface area contributed by atoms with Gasteiger partial charge in [0.2, 0.25) is 0 Å². The Morgan fingerprint density at radius 1 is 1.69 bits per heavy atom. The van der Waals surface area contributed by atoms with Gasteiger partial charge in [0.1, 0.15) is 0 Å². The number of ether oxygens (including phenoxy) is 1. The maximum absolute atomic E-state index is 6.11.